The minimum atomic E-state index is -0.487. The van der Waals surface area contributed by atoms with Crippen molar-refractivity contribution in [2.75, 3.05) is 57.6 Å². The first-order valence-electron chi connectivity index (χ1n) is 18.5. The predicted octanol–water partition coefficient (Wildman–Crippen LogP) is 8.56. The fourth-order valence-corrected chi connectivity index (χ4v) is 6.56. The van der Waals surface area contributed by atoms with Crippen molar-refractivity contribution in [1.29, 1.82) is 0 Å². The molecule has 0 bridgehead atoms. The Balaban J connectivity index is 0.992. The largest absolute Gasteiger partial charge is 0.449 e. The normalized spacial score (nSPS) is 17.7. The second-order valence-electron chi connectivity index (χ2n) is 13.3. The van der Waals surface area contributed by atoms with Crippen molar-refractivity contribution < 1.29 is 29.0 Å². The quantitative estimate of drug-likeness (QED) is 0.0404. The first kappa shape index (κ1) is 40.0. The molecular weight excluding hydrogens is 690 g/mol. The molecule has 0 aliphatic heterocycles. The number of nitro groups is 1. The van der Waals surface area contributed by atoms with E-state index in [-0.39, 0.29) is 18.0 Å². The van der Waals surface area contributed by atoms with Crippen LogP contribution in [0.5, 0.6) is 0 Å². The van der Waals surface area contributed by atoms with Crippen molar-refractivity contribution in [2.24, 2.45) is 38.2 Å². The highest BCUT2D eigenvalue weighted by atomic mass is 16.6. The number of azo groups is 2. The number of likely N-dealkylation sites (N-methyl/N-ethyl adjacent to an activating group) is 1. The zero-order valence-corrected chi connectivity index (χ0v) is 31.2. The van der Waals surface area contributed by atoms with Crippen molar-refractivity contribution >= 4 is 40.2 Å². The highest BCUT2D eigenvalue weighted by molar-refractivity contribution is 5.67. The number of rotatable bonds is 19. The van der Waals surface area contributed by atoms with Crippen LogP contribution in [-0.4, -0.2) is 68.8 Å². The van der Waals surface area contributed by atoms with E-state index < -0.39 is 11.0 Å². The summed E-state index contributed by atoms with van der Waals surface area (Å²) in [5, 5.41) is 41.3. The van der Waals surface area contributed by atoms with Gasteiger partial charge in [-0.3, -0.25) is 10.1 Å². The zero-order valence-electron chi connectivity index (χ0n) is 31.2. The lowest BCUT2D eigenvalue weighted by Crippen LogP contribution is -2.29. The fourth-order valence-electron chi connectivity index (χ4n) is 6.56. The van der Waals surface area contributed by atoms with Gasteiger partial charge in [0.15, 0.2) is 5.69 Å². The van der Waals surface area contributed by atoms with E-state index in [2.05, 4.69) is 49.4 Å². The summed E-state index contributed by atoms with van der Waals surface area (Å²) < 4.78 is 16.8. The second kappa shape index (κ2) is 20.3. The van der Waals surface area contributed by atoms with E-state index in [1.165, 1.54) is 6.07 Å². The number of hydrogen-bond acceptors (Lipinski definition) is 12. The number of amides is 1. The molecule has 2 aliphatic carbocycles. The molecule has 1 fully saturated rings. The number of fused-ring (bicyclic) bond motifs is 1. The summed E-state index contributed by atoms with van der Waals surface area (Å²) in [7, 11) is 0. The van der Waals surface area contributed by atoms with Crippen molar-refractivity contribution in [3.8, 4) is 11.8 Å². The van der Waals surface area contributed by atoms with Gasteiger partial charge in [0.1, 0.15) is 0 Å². The Hall–Kier alpha value is -5.23. The van der Waals surface area contributed by atoms with Crippen LogP contribution < -0.4 is 10.2 Å². The number of alkyl carbamates (subject to hydrolysis) is 1. The molecule has 0 aromatic heterocycles. The first-order chi connectivity index (χ1) is 26.3. The molecule has 54 heavy (non-hydrogen) atoms. The van der Waals surface area contributed by atoms with Gasteiger partial charge >= 0.3 is 6.09 Å². The molecule has 1 amide bonds. The minimum Gasteiger partial charge on any atom is -0.449 e. The lowest BCUT2D eigenvalue weighted by atomic mass is 10.1. The number of hydrogen-bond donors (Lipinski definition) is 2. The Bertz CT molecular complexity index is 1840. The highest BCUT2D eigenvalue weighted by Crippen LogP contribution is 2.52. The second-order valence-corrected chi connectivity index (χ2v) is 13.3. The van der Waals surface area contributed by atoms with Crippen molar-refractivity contribution in [3.05, 3.63) is 81.4 Å². The van der Waals surface area contributed by atoms with Crippen LogP contribution >= 0.6 is 0 Å². The van der Waals surface area contributed by atoms with E-state index in [1.807, 2.05) is 31.2 Å². The van der Waals surface area contributed by atoms with E-state index in [0.29, 0.717) is 86.5 Å². The van der Waals surface area contributed by atoms with Crippen molar-refractivity contribution in [1.82, 2.24) is 5.32 Å². The van der Waals surface area contributed by atoms with Crippen LogP contribution in [-0.2, 0) is 20.8 Å². The molecule has 1 saturated carbocycles. The first-order valence-corrected chi connectivity index (χ1v) is 18.5. The molecule has 0 radical (unpaired) electrons. The van der Waals surface area contributed by atoms with Gasteiger partial charge in [-0.05, 0) is 105 Å². The molecule has 0 heterocycles. The SMILES string of the molecule is CCN(CCOCCOCCNC(=O)OCC1[C@H]2CCC#CCC[C@@H]12)c1ccc(N=Nc2cc(C)c(N=Nc3ccc(C)cc3[N+](=O)[O-])cc2CO)cc1. The Labute approximate surface area is 316 Å². The molecule has 286 valence electrons. The average Bonchev–Trinajstić information content (AvgIpc) is 3.82. The predicted molar refractivity (Wildman–Crippen MR) is 205 cm³/mol. The molecule has 3 aromatic rings. The van der Waals surface area contributed by atoms with Crippen LogP contribution in [0.1, 0.15) is 49.3 Å². The summed E-state index contributed by atoms with van der Waals surface area (Å²) in [5.74, 6) is 8.19. The van der Waals surface area contributed by atoms with Gasteiger partial charge < -0.3 is 29.5 Å². The van der Waals surface area contributed by atoms with Gasteiger partial charge in [-0.1, -0.05) is 6.07 Å². The molecule has 2 N–H and O–H groups in total. The summed E-state index contributed by atoms with van der Waals surface area (Å²) in [5.41, 5.74) is 4.59. The van der Waals surface area contributed by atoms with Gasteiger partial charge in [-0.25, -0.2) is 4.79 Å². The molecular formula is C40H49N7O7. The van der Waals surface area contributed by atoms with Gasteiger partial charge in [0.05, 0.1) is 61.6 Å². The third-order valence-corrected chi connectivity index (χ3v) is 9.67. The molecule has 5 rings (SSSR count). The molecule has 1 unspecified atom stereocenters. The number of nitro benzene ring substituents is 1. The van der Waals surface area contributed by atoms with Crippen LogP contribution in [0.25, 0.3) is 0 Å². The summed E-state index contributed by atoms with van der Waals surface area (Å²) in [4.78, 5) is 25.2. The van der Waals surface area contributed by atoms with E-state index >= 15 is 0 Å². The maximum absolute atomic E-state index is 12.1. The van der Waals surface area contributed by atoms with Crippen LogP contribution in [0.4, 0.5) is 38.9 Å². The number of aryl methyl sites for hydroxylation is 2. The van der Waals surface area contributed by atoms with Crippen LogP contribution in [0.15, 0.2) is 75.1 Å². The number of carbonyl (C=O) groups is 1. The lowest BCUT2D eigenvalue weighted by molar-refractivity contribution is -0.384. The average molecular weight is 740 g/mol. The van der Waals surface area contributed by atoms with E-state index in [4.69, 9.17) is 14.2 Å². The van der Waals surface area contributed by atoms with Gasteiger partial charge in [-0.2, -0.15) is 15.3 Å². The number of aliphatic hydroxyl groups excluding tert-OH is 1. The molecule has 2 aliphatic rings. The Morgan fingerprint density at radius 2 is 1.59 bits per heavy atom. The third-order valence-electron chi connectivity index (χ3n) is 9.67. The number of anilines is 1. The van der Waals surface area contributed by atoms with Crippen molar-refractivity contribution in [3.63, 3.8) is 0 Å². The van der Waals surface area contributed by atoms with Crippen molar-refractivity contribution in [2.45, 2.75) is 53.1 Å². The number of carbonyl (C=O) groups excluding carboxylic acids is 1. The van der Waals surface area contributed by atoms with Gasteiger partial charge in [0.25, 0.3) is 5.69 Å². The number of aliphatic hydroxyl groups is 1. The number of nitrogens with zero attached hydrogens (tertiary/aromatic N) is 6. The fraction of sp³-hybridized carbons (Fsp3) is 0.475. The van der Waals surface area contributed by atoms with Gasteiger partial charge in [0.2, 0.25) is 0 Å². The number of nitrogens with one attached hydrogen (secondary N) is 1. The maximum Gasteiger partial charge on any atom is 0.407 e. The summed E-state index contributed by atoms with van der Waals surface area (Å²) in [6.45, 7) is 9.51. The molecule has 14 heteroatoms. The summed E-state index contributed by atoms with van der Waals surface area (Å²) in [6, 6.07) is 15.8. The smallest absolute Gasteiger partial charge is 0.407 e. The molecule has 3 atom stereocenters. The lowest BCUT2D eigenvalue weighted by Gasteiger charge is -2.23. The van der Waals surface area contributed by atoms with Crippen LogP contribution in [0, 0.1) is 53.6 Å². The molecule has 14 nitrogen and oxygen atoms in total. The van der Waals surface area contributed by atoms with E-state index in [9.17, 15) is 20.0 Å². The monoisotopic (exact) mass is 739 g/mol. The number of benzene rings is 3. The Morgan fingerprint density at radius 1 is 0.907 bits per heavy atom. The molecule has 0 spiro atoms. The van der Waals surface area contributed by atoms with E-state index in [1.54, 1.807) is 31.2 Å². The summed E-state index contributed by atoms with van der Waals surface area (Å²) >= 11 is 0. The third kappa shape index (κ3) is 11.6. The minimum absolute atomic E-state index is 0.128. The maximum atomic E-state index is 12.1. The van der Waals surface area contributed by atoms with E-state index in [0.717, 1.165) is 49.0 Å². The van der Waals surface area contributed by atoms with Crippen LogP contribution in [0.2, 0.25) is 0 Å². The van der Waals surface area contributed by atoms with Crippen LogP contribution in [0.3, 0.4) is 0 Å². The Morgan fingerprint density at radius 3 is 2.28 bits per heavy atom. The molecule has 3 aromatic carbocycles. The standard InChI is InChI=1S/C40H49N7O7/c1-4-46(18-20-53-22-21-52-19-17-41-40(49)54-27-35-33-9-7-5-6-8-10-34(33)35)32-14-12-31(13-15-32)42-45-38-24-29(3)37(25-30(38)26-48)44-43-36-16-11-28(2)23-39(36)47(50)51/h11-16,23-25,33-35,48H,4,7-10,17-22,26-27H2,1-3H3,(H,41,49)/t33-,34+,35?. The highest BCUT2D eigenvalue weighted by Gasteiger charge is 2.49. The number of ether oxygens (including phenoxy) is 3. The topological polar surface area (TPSA) is 173 Å². The van der Waals surface area contributed by atoms with Gasteiger partial charge in [-0.15, -0.1) is 17.0 Å². The summed E-state index contributed by atoms with van der Waals surface area (Å²) in [6.07, 6.45) is 3.73. The zero-order chi connectivity index (χ0) is 38.3. The molecule has 0 saturated heterocycles. The van der Waals surface area contributed by atoms with Gasteiger partial charge in [0, 0.05) is 49.8 Å². The Kier molecular flexibility index (Phi) is 15.0.